The third-order valence-electron chi connectivity index (χ3n) is 4.94. The van der Waals surface area contributed by atoms with Crippen molar-refractivity contribution in [3.05, 3.63) is 70.8 Å². The van der Waals surface area contributed by atoms with Gasteiger partial charge in [0.2, 0.25) is 11.8 Å². The Morgan fingerprint density at radius 1 is 1.06 bits per heavy atom. The highest BCUT2D eigenvalue weighted by molar-refractivity contribution is 8.18. The second kappa shape index (κ2) is 8.72. The van der Waals surface area contributed by atoms with Gasteiger partial charge in [-0.05, 0) is 43.0 Å². The number of hydrogen-bond donors (Lipinski definition) is 2. The van der Waals surface area contributed by atoms with E-state index in [1.807, 2.05) is 43.3 Å². The normalized spacial score (nSPS) is 15.0. The van der Waals surface area contributed by atoms with Gasteiger partial charge in [-0.2, -0.15) is 0 Å². The van der Waals surface area contributed by atoms with Gasteiger partial charge in [0, 0.05) is 28.4 Å². The van der Waals surface area contributed by atoms with Crippen molar-refractivity contribution in [2.75, 3.05) is 11.9 Å². The molecule has 0 unspecified atom stereocenters. The zero-order chi connectivity index (χ0) is 22.8. The molecule has 0 atom stereocenters. The summed E-state index contributed by atoms with van der Waals surface area (Å²) >= 11 is 0.776. The fraction of sp³-hybridized carbons (Fsp3) is 0.130. The number of anilines is 1. The lowest BCUT2D eigenvalue weighted by Crippen LogP contribution is -2.36. The molecule has 0 bridgehead atoms. The minimum atomic E-state index is -0.536. The number of hydrogen-bond acceptors (Lipinski definition) is 5. The van der Waals surface area contributed by atoms with Gasteiger partial charge in [0.05, 0.1) is 4.91 Å². The number of aryl methyl sites for hydroxylation is 1. The van der Waals surface area contributed by atoms with Gasteiger partial charge in [-0.3, -0.25) is 24.1 Å². The predicted octanol–water partition coefficient (Wildman–Crippen LogP) is 3.11. The molecule has 1 fully saturated rings. The van der Waals surface area contributed by atoms with E-state index in [9.17, 15) is 19.2 Å². The van der Waals surface area contributed by atoms with Crippen molar-refractivity contribution in [3.63, 3.8) is 0 Å². The summed E-state index contributed by atoms with van der Waals surface area (Å²) in [4.78, 5) is 50.1. The highest BCUT2D eigenvalue weighted by Crippen LogP contribution is 2.34. The third kappa shape index (κ3) is 4.42. The fourth-order valence-electron chi connectivity index (χ4n) is 3.45. The Morgan fingerprint density at radius 2 is 1.78 bits per heavy atom. The lowest BCUT2D eigenvalue weighted by atomic mass is 10.1. The molecule has 2 heterocycles. The largest absolute Gasteiger partial charge is 0.368 e. The number of para-hydroxylation sites is 1. The molecule has 8 nitrogen and oxygen atoms in total. The molecule has 0 radical (unpaired) electrons. The molecule has 4 amide bonds. The number of nitrogens with zero attached hydrogens (tertiary/aromatic N) is 2. The second-order valence-electron chi connectivity index (χ2n) is 7.38. The van der Waals surface area contributed by atoms with Gasteiger partial charge in [-0.1, -0.05) is 35.9 Å². The maximum atomic E-state index is 12.8. The summed E-state index contributed by atoms with van der Waals surface area (Å²) in [5, 5.41) is 2.99. The Kier molecular flexibility index (Phi) is 5.83. The van der Waals surface area contributed by atoms with Crippen molar-refractivity contribution in [2.45, 2.75) is 13.5 Å². The van der Waals surface area contributed by atoms with E-state index in [-0.39, 0.29) is 18.0 Å². The van der Waals surface area contributed by atoms with Gasteiger partial charge < -0.3 is 15.6 Å². The van der Waals surface area contributed by atoms with Crippen LogP contribution in [0.4, 0.5) is 10.5 Å². The average Bonchev–Trinajstić information content (AvgIpc) is 3.22. The highest BCUT2D eigenvalue weighted by atomic mass is 32.2. The van der Waals surface area contributed by atoms with Crippen molar-refractivity contribution < 1.29 is 19.2 Å². The predicted molar refractivity (Wildman–Crippen MR) is 124 cm³/mol. The average molecular weight is 449 g/mol. The SMILES string of the molecule is Cc1ccc(NC(=O)CN2C(=O)SC(=Cc3cn(CC(N)=O)c4ccccc34)C2=O)cc1. The summed E-state index contributed by atoms with van der Waals surface area (Å²) in [5.74, 6) is -1.49. The van der Waals surface area contributed by atoms with Crippen LogP contribution in [0.3, 0.4) is 0 Å². The van der Waals surface area contributed by atoms with Gasteiger partial charge >= 0.3 is 0 Å². The lowest BCUT2D eigenvalue weighted by Gasteiger charge is -2.12. The molecule has 3 aromatic rings. The van der Waals surface area contributed by atoms with E-state index in [2.05, 4.69) is 5.32 Å². The van der Waals surface area contributed by atoms with Crippen molar-refractivity contribution in [1.82, 2.24) is 9.47 Å². The summed E-state index contributed by atoms with van der Waals surface area (Å²) in [5.41, 5.74) is 8.44. The molecular weight excluding hydrogens is 428 g/mol. The zero-order valence-electron chi connectivity index (χ0n) is 17.2. The van der Waals surface area contributed by atoms with Crippen molar-refractivity contribution in [1.29, 1.82) is 0 Å². The van der Waals surface area contributed by atoms with E-state index in [4.69, 9.17) is 5.73 Å². The van der Waals surface area contributed by atoms with Crippen LogP contribution >= 0.6 is 11.8 Å². The summed E-state index contributed by atoms with van der Waals surface area (Å²) in [7, 11) is 0. The quantitative estimate of drug-likeness (QED) is 0.563. The van der Waals surface area contributed by atoms with Gasteiger partial charge in [0.25, 0.3) is 11.1 Å². The first-order valence-corrected chi connectivity index (χ1v) is 10.6. The van der Waals surface area contributed by atoms with E-state index in [1.165, 1.54) is 0 Å². The standard InChI is InChI=1S/C23H20N4O4S/c1-14-6-8-16(9-7-14)25-21(29)13-27-22(30)19(32-23(27)31)10-15-11-26(12-20(24)28)18-5-3-2-4-17(15)18/h2-11H,12-13H2,1H3,(H2,24,28)(H,25,29). The fourth-order valence-corrected chi connectivity index (χ4v) is 4.28. The van der Waals surface area contributed by atoms with E-state index in [0.29, 0.717) is 11.3 Å². The first kappa shape index (κ1) is 21.4. The number of primary amides is 1. The monoisotopic (exact) mass is 448 g/mol. The number of thioether (sulfide) groups is 1. The molecule has 1 aromatic heterocycles. The number of aromatic nitrogens is 1. The smallest absolute Gasteiger partial charge is 0.294 e. The van der Waals surface area contributed by atoms with Gasteiger partial charge in [-0.25, -0.2) is 0 Å². The summed E-state index contributed by atoms with van der Waals surface area (Å²) in [6.07, 6.45) is 3.32. The Balaban J connectivity index is 1.54. The van der Waals surface area contributed by atoms with Crippen LogP contribution in [0.15, 0.2) is 59.6 Å². The molecule has 0 aliphatic carbocycles. The zero-order valence-corrected chi connectivity index (χ0v) is 18.0. The summed E-state index contributed by atoms with van der Waals surface area (Å²) < 4.78 is 1.70. The molecule has 0 spiro atoms. The molecule has 4 rings (SSSR count). The first-order valence-electron chi connectivity index (χ1n) is 9.80. The number of fused-ring (bicyclic) bond motifs is 1. The molecular formula is C23H20N4O4S. The van der Waals surface area contributed by atoms with Gasteiger partial charge in [-0.15, -0.1) is 0 Å². The number of imide groups is 1. The Morgan fingerprint density at radius 3 is 2.50 bits per heavy atom. The first-order chi connectivity index (χ1) is 15.3. The van der Waals surface area contributed by atoms with Crippen LogP contribution in [0, 0.1) is 6.92 Å². The molecule has 1 aliphatic heterocycles. The van der Waals surface area contributed by atoms with E-state index in [0.717, 1.165) is 33.1 Å². The van der Waals surface area contributed by atoms with Crippen LogP contribution in [0.1, 0.15) is 11.1 Å². The van der Waals surface area contributed by atoms with Crippen molar-refractivity contribution >= 4 is 57.4 Å². The Labute approximate surface area is 188 Å². The minimum absolute atomic E-state index is 0.00495. The maximum absolute atomic E-state index is 12.8. The van der Waals surface area contributed by atoms with Gasteiger partial charge in [0.15, 0.2) is 0 Å². The topological polar surface area (TPSA) is 114 Å². The molecule has 1 saturated heterocycles. The molecule has 9 heteroatoms. The number of benzene rings is 2. The Hall–Kier alpha value is -3.85. The summed E-state index contributed by atoms with van der Waals surface area (Å²) in [6, 6.07) is 14.6. The van der Waals surface area contributed by atoms with E-state index in [1.54, 1.807) is 29.0 Å². The maximum Gasteiger partial charge on any atom is 0.294 e. The second-order valence-corrected chi connectivity index (χ2v) is 8.37. The number of rotatable bonds is 6. The van der Waals surface area contributed by atoms with Crippen LogP contribution < -0.4 is 11.1 Å². The molecule has 2 aromatic carbocycles. The lowest BCUT2D eigenvalue weighted by molar-refractivity contribution is -0.127. The van der Waals surface area contributed by atoms with Crippen molar-refractivity contribution in [2.24, 2.45) is 5.73 Å². The third-order valence-corrected chi connectivity index (χ3v) is 5.85. The minimum Gasteiger partial charge on any atom is -0.368 e. The molecule has 1 aliphatic rings. The number of carbonyl (C=O) groups excluding carboxylic acids is 4. The molecule has 32 heavy (non-hydrogen) atoms. The number of amides is 4. The highest BCUT2D eigenvalue weighted by Gasteiger charge is 2.36. The molecule has 3 N–H and O–H groups in total. The number of nitrogens with two attached hydrogens (primary N) is 1. The number of nitrogens with one attached hydrogen (secondary N) is 1. The van der Waals surface area contributed by atoms with Crippen molar-refractivity contribution in [3.8, 4) is 0 Å². The van der Waals surface area contributed by atoms with Crippen LogP contribution in [0.5, 0.6) is 0 Å². The van der Waals surface area contributed by atoms with Crippen LogP contribution in [0.25, 0.3) is 17.0 Å². The van der Waals surface area contributed by atoms with Crippen LogP contribution in [-0.4, -0.2) is 39.0 Å². The van der Waals surface area contributed by atoms with Crippen LogP contribution in [0.2, 0.25) is 0 Å². The van der Waals surface area contributed by atoms with Crippen LogP contribution in [-0.2, 0) is 20.9 Å². The van der Waals surface area contributed by atoms with E-state index < -0.39 is 23.0 Å². The van der Waals surface area contributed by atoms with E-state index >= 15 is 0 Å². The molecule has 162 valence electrons. The Bertz CT molecular complexity index is 1280. The summed E-state index contributed by atoms with van der Waals surface area (Å²) in [6.45, 7) is 1.55. The number of carbonyl (C=O) groups is 4. The van der Waals surface area contributed by atoms with Gasteiger partial charge in [0.1, 0.15) is 13.1 Å². The molecule has 0 saturated carbocycles.